The van der Waals surface area contributed by atoms with Gasteiger partial charge < -0.3 is 5.32 Å². The lowest BCUT2D eigenvalue weighted by molar-refractivity contribution is -0.0763. The van der Waals surface area contributed by atoms with Crippen LogP contribution >= 0.6 is 15.9 Å². The molecule has 4 rings (SSSR count). The Morgan fingerprint density at radius 1 is 1.16 bits per heavy atom. The summed E-state index contributed by atoms with van der Waals surface area (Å²) in [5.41, 5.74) is 4.02. The first-order valence-electron chi connectivity index (χ1n) is 9.71. The Balaban J connectivity index is 1.64. The highest BCUT2D eigenvalue weighted by atomic mass is 79.9. The fraction of sp³-hybridized carbons (Fsp3) is 0.136. The smallest absolute Gasteiger partial charge is 0.331 e. The molecular weight excluding hydrogens is 478 g/mol. The number of amides is 1. The van der Waals surface area contributed by atoms with Crippen LogP contribution < -0.4 is 22.0 Å². The normalized spacial score (nSPS) is 13.1. The number of hydrogen-bond acceptors (Lipinski definition) is 6. The second-order valence-electron chi connectivity index (χ2n) is 7.28. The largest absolute Gasteiger partial charge is 0.348 e. The average Bonchev–Trinajstić information content (AvgIpc) is 2.80. The number of hydrazine groups is 1. The van der Waals surface area contributed by atoms with E-state index in [-0.39, 0.29) is 24.4 Å². The van der Waals surface area contributed by atoms with Crippen molar-refractivity contribution in [3.05, 3.63) is 103 Å². The van der Waals surface area contributed by atoms with Gasteiger partial charge in [0.25, 0.3) is 11.5 Å². The second kappa shape index (κ2) is 8.85. The van der Waals surface area contributed by atoms with E-state index in [2.05, 4.69) is 26.7 Å². The first-order valence-corrected chi connectivity index (χ1v) is 10.5. The van der Waals surface area contributed by atoms with Crippen molar-refractivity contribution in [1.29, 1.82) is 0 Å². The molecule has 1 amide bonds. The minimum absolute atomic E-state index is 0.126. The molecule has 2 aromatic carbocycles. The maximum absolute atomic E-state index is 13.1. The van der Waals surface area contributed by atoms with Gasteiger partial charge in [0.15, 0.2) is 0 Å². The molecule has 0 radical (unpaired) electrons. The number of hydroxylamine groups is 1. The van der Waals surface area contributed by atoms with Crippen LogP contribution in [0.5, 0.6) is 0 Å². The molecule has 1 aliphatic heterocycles. The maximum Gasteiger partial charge on any atom is 0.331 e. The molecule has 9 nitrogen and oxygen atoms in total. The van der Waals surface area contributed by atoms with E-state index >= 15 is 0 Å². The van der Waals surface area contributed by atoms with Crippen molar-refractivity contribution < 1.29 is 10.0 Å². The molecule has 0 saturated carbocycles. The van der Waals surface area contributed by atoms with Crippen LogP contribution in [-0.4, -0.2) is 32.0 Å². The van der Waals surface area contributed by atoms with Gasteiger partial charge in [0.05, 0.1) is 23.6 Å². The Bertz CT molecular complexity index is 1370. The highest BCUT2D eigenvalue weighted by Gasteiger charge is 2.15. The Morgan fingerprint density at radius 2 is 1.91 bits per heavy atom. The molecule has 0 unspecified atom stereocenters. The van der Waals surface area contributed by atoms with Crippen molar-refractivity contribution in [2.45, 2.75) is 6.54 Å². The number of halogens is 1. The molecule has 3 aromatic rings. The van der Waals surface area contributed by atoms with Crippen LogP contribution in [-0.2, 0) is 13.6 Å². The van der Waals surface area contributed by atoms with E-state index in [0.717, 1.165) is 25.3 Å². The first kappa shape index (κ1) is 21.6. The summed E-state index contributed by atoms with van der Waals surface area (Å²) in [6.45, 7) is 0.357. The predicted octanol–water partition coefficient (Wildman–Crippen LogP) is 1.85. The van der Waals surface area contributed by atoms with Crippen molar-refractivity contribution in [3.8, 4) is 0 Å². The van der Waals surface area contributed by atoms with Crippen molar-refractivity contribution in [2.75, 3.05) is 6.54 Å². The Hall–Kier alpha value is -3.63. The van der Waals surface area contributed by atoms with Gasteiger partial charge in [-0.25, -0.2) is 4.79 Å². The van der Waals surface area contributed by atoms with Crippen LogP contribution in [0.3, 0.4) is 0 Å². The van der Waals surface area contributed by atoms with Gasteiger partial charge in [-0.1, -0.05) is 28.1 Å². The summed E-state index contributed by atoms with van der Waals surface area (Å²) in [5, 5.41) is 13.1. The summed E-state index contributed by atoms with van der Waals surface area (Å²) < 4.78 is 3.47. The molecule has 0 aliphatic carbocycles. The number of carbonyl (C=O) groups is 1. The predicted molar refractivity (Wildman–Crippen MR) is 123 cm³/mol. The number of rotatable bonds is 5. The molecule has 0 spiro atoms. The summed E-state index contributed by atoms with van der Waals surface area (Å²) in [6.07, 6.45) is 4.61. The van der Waals surface area contributed by atoms with Crippen LogP contribution in [0.15, 0.2) is 80.6 Å². The molecule has 10 heteroatoms. The monoisotopic (exact) mass is 497 g/mol. The van der Waals surface area contributed by atoms with Crippen LogP contribution in [0.4, 0.5) is 0 Å². The second-order valence-corrected chi connectivity index (χ2v) is 8.20. The Labute approximate surface area is 190 Å². The molecule has 0 saturated heterocycles. The van der Waals surface area contributed by atoms with E-state index in [0.29, 0.717) is 11.1 Å². The van der Waals surface area contributed by atoms with Crippen molar-refractivity contribution in [1.82, 2.24) is 25.0 Å². The summed E-state index contributed by atoms with van der Waals surface area (Å²) in [6, 6.07) is 12.0. The van der Waals surface area contributed by atoms with Gasteiger partial charge in [0.2, 0.25) is 0 Å². The first-order chi connectivity index (χ1) is 15.3. The van der Waals surface area contributed by atoms with Gasteiger partial charge in [-0.15, -0.1) is 0 Å². The topological polar surface area (TPSA) is 109 Å². The van der Waals surface area contributed by atoms with Crippen LogP contribution in [0, 0.1) is 0 Å². The van der Waals surface area contributed by atoms with Gasteiger partial charge in [-0.05, 0) is 47.5 Å². The van der Waals surface area contributed by atoms with E-state index in [1.54, 1.807) is 31.5 Å². The van der Waals surface area contributed by atoms with Crippen LogP contribution in [0.1, 0.15) is 15.9 Å². The number of aromatic nitrogens is 2. The zero-order valence-corrected chi connectivity index (χ0v) is 18.7. The van der Waals surface area contributed by atoms with Crippen LogP contribution in [0.2, 0.25) is 0 Å². The lowest BCUT2D eigenvalue weighted by Crippen LogP contribution is -2.39. The highest BCUT2D eigenvalue weighted by Crippen LogP contribution is 2.13. The number of carbonyl (C=O) groups excluding carboxylic acids is 1. The zero-order chi connectivity index (χ0) is 22.8. The van der Waals surface area contributed by atoms with Crippen molar-refractivity contribution >= 4 is 32.7 Å². The highest BCUT2D eigenvalue weighted by molar-refractivity contribution is 9.10. The zero-order valence-electron chi connectivity index (χ0n) is 17.1. The number of hydrogen-bond donors (Lipinski definition) is 3. The van der Waals surface area contributed by atoms with Gasteiger partial charge in [-0.2, -0.15) is 5.17 Å². The third-order valence-corrected chi connectivity index (χ3v) is 5.66. The van der Waals surface area contributed by atoms with E-state index < -0.39 is 11.2 Å². The van der Waals surface area contributed by atoms with Crippen molar-refractivity contribution in [3.63, 3.8) is 0 Å². The van der Waals surface area contributed by atoms with Gasteiger partial charge in [0, 0.05) is 29.8 Å². The number of aryl methyl sites for hydroxylation is 1. The fourth-order valence-electron chi connectivity index (χ4n) is 3.37. The summed E-state index contributed by atoms with van der Waals surface area (Å²) >= 11 is 3.37. The number of nitrogens with one attached hydrogen (secondary N) is 2. The minimum Gasteiger partial charge on any atom is -0.348 e. The van der Waals surface area contributed by atoms with Gasteiger partial charge in [-0.3, -0.25) is 29.4 Å². The number of nitrogens with zero attached hydrogens (tertiary/aromatic N) is 3. The minimum atomic E-state index is -0.453. The molecule has 0 bridgehead atoms. The summed E-state index contributed by atoms with van der Waals surface area (Å²) in [4.78, 5) is 38.6. The van der Waals surface area contributed by atoms with Gasteiger partial charge >= 0.3 is 5.69 Å². The molecule has 3 N–H and O–H groups in total. The van der Waals surface area contributed by atoms with Crippen molar-refractivity contribution in [2.24, 2.45) is 7.05 Å². The number of benzene rings is 2. The third kappa shape index (κ3) is 4.36. The molecular formula is C22H20BrN5O4. The number of fused-ring (bicyclic) bond motifs is 1. The fourth-order valence-corrected chi connectivity index (χ4v) is 3.63. The lowest BCUT2D eigenvalue weighted by Gasteiger charge is -2.17. The standard InChI is InChI=1S/C22H20BrN5O4/c1-26-19-7-4-16(20(29)24-11-15-8-9-28(32)25-12-15)10-18(19)21(30)27(22(26)31)13-14-2-5-17(23)6-3-14/h2-10,12,25,32H,11,13H2,1H3,(H,24,29). The van der Waals surface area contributed by atoms with E-state index in [1.807, 2.05) is 24.3 Å². The molecule has 32 heavy (non-hydrogen) atoms. The Kier molecular flexibility index (Phi) is 5.97. The van der Waals surface area contributed by atoms with E-state index in [1.165, 1.54) is 16.8 Å². The van der Waals surface area contributed by atoms with Crippen LogP contribution in [0.25, 0.3) is 10.9 Å². The average molecular weight is 498 g/mol. The molecule has 164 valence electrons. The quantitative estimate of drug-likeness (QED) is 0.496. The Morgan fingerprint density at radius 3 is 2.59 bits per heavy atom. The molecule has 1 aromatic heterocycles. The van der Waals surface area contributed by atoms with E-state index in [4.69, 9.17) is 0 Å². The maximum atomic E-state index is 13.1. The molecule has 1 aliphatic rings. The molecule has 0 atom stereocenters. The molecule has 2 heterocycles. The SMILES string of the molecule is Cn1c(=O)n(Cc2ccc(Br)cc2)c(=O)c2cc(C(=O)NCC3=CNN(O)C=C3)ccc21. The summed E-state index contributed by atoms with van der Waals surface area (Å²) in [5.74, 6) is -0.361. The van der Waals surface area contributed by atoms with E-state index in [9.17, 15) is 19.6 Å². The third-order valence-electron chi connectivity index (χ3n) is 5.13. The summed E-state index contributed by atoms with van der Waals surface area (Å²) in [7, 11) is 1.60. The lowest BCUT2D eigenvalue weighted by atomic mass is 10.1. The molecule has 0 fully saturated rings. The van der Waals surface area contributed by atoms with Gasteiger partial charge in [0.1, 0.15) is 0 Å².